The third kappa shape index (κ3) is 2.18. The van der Waals surface area contributed by atoms with E-state index in [-0.39, 0.29) is 17.5 Å². The van der Waals surface area contributed by atoms with Gasteiger partial charge in [0.25, 0.3) is 0 Å². The summed E-state index contributed by atoms with van der Waals surface area (Å²) in [5, 5.41) is 2.18. The molecule has 5 heteroatoms. The summed E-state index contributed by atoms with van der Waals surface area (Å²) in [6, 6.07) is 1.14. The lowest BCUT2D eigenvalue weighted by Crippen LogP contribution is -2.10. The molecular weight excluding hydrogens is 204 g/mol. The van der Waals surface area contributed by atoms with E-state index < -0.39 is 23.1 Å². The molecule has 0 saturated carbocycles. The summed E-state index contributed by atoms with van der Waals surface area (Å²) in [6.45, 7) is 2.58. The van der Waals surface area contributed by atoms with Crippen molar-refractivity contribution in [3.05, 3.63) is 28.8 Å². The maximum atomic E-state index is 13.4. The van der Waals surface area contributed by atoms with Crippen molar-refractivity contribution in [1.82, 2.24) is 0 Å². The first-order chi connectivity index (χ1) is 6.97. The Kier molecular flexibility index (Phi) is 3.14. The van der Waals surface area contributed by atoms with Gasteiger partial charge in [0.15, 0.2) is 12.1 Å². The van der Waals surface area contributed by atoms with E-state index in [2.05, 4.69) is 5.32 Å². The van der Waals surface area contributed by atoms with Gasteiger partial charge in [0.1, 0.15) is 5.82 Å². The molecule has 0 aliphatic heterocycles. The summed E-state index contributed by atoms with van der Waals surface area (Å²) in [6.07, 6.45) is 0.0863. The van der Waals surface area contributed by atoms with E-state index in [1.807, 2.05) is 0 Å². The highest BCUT2D eigenvalue weighted by atomic mass is 19.1. The van der Waals surface area contributed by atoms with Gasteiger partial charge in [0, 0.05) is 6.92 Å². The second-order valence-corrected chi connectivity index (χ2v) is 3.08. The fourth-order valence-corrected chi connectivity index (χ4v) is 1.18. The lowest BCUT2D eigenvalue weighted by Gasteiger charge is -2.08. The Bertz CT molecular complexity index is 430. The first kappa shape index (κ1) is 11.3. The highest BCUT2D eigenvalue weighted by Crippen LogP contribution is 2.23. The quantitative estimate of drug-likeness (QED) is 0.764. The van der Waals surface area contributed by atoms with E-state index in [0.29, 0.717) is 0 Å². The molecule has 0 aliphatic rings. The smallest absolute Gasteiger partial charge is 0.221 e. The van der Waals surface area contributed by atoms with Crippen molar-refractivity contribution in [2.45, 2.75) is 13.8 Å². The predicted octanol–water partition coefficient (Wildman–Crippen LogP) is 2.04. The number of anilines is 1. The fourth-order valence-electron chi connectivity index (χ4n) is 1.18. The number of aryl methyl sites for hydroxylation is 1. The number of hydrogen-bond acceptors (Lipinski definition) is 2. The van der Waals surface area contributed by atoms with Crippen molar-refractivity contribution in [2.24, 2.45) is 0 Å². The Morgan fingerprint density at radius 1 is 1.40 bits per heavy atom. The molecule has 0 aliphatic carbocycles. The van der Waals surface area contributed by atoms with Gasteiger partial charge in [-0.25, -0.2) is 8.78 Å². The van der Waals surface area contributed by atoms with Crippen LogP contribution in [0.5, 0.6) is 0 Å². The minimum Gasteiger partial charge on any atom is -0.324 e. The molecule has 0 aromatic heterocycles. The highest BCUT2D eigenvalue weighted by molar-refractivity contribution is 5.90. The van der Waals surface area contributed by atoms with Crippen molar-refractivity contribution in [3.8, 4) is 0 Å². The number of carbonyl (C=O) groups is 2. The lowest BCUT2D eigenvalue weighted by molar-refractivity contribution is -0.114. The summed E-state index contributed by atoms with van der Waals surface area (Å²) in [5.41, 5.74) is -0.760. The van der Waals surface area contributed by atoms with Gasteiger partial charge in [-0.2, -0.15) is 0 Å². The number of amides is 1. The van der Waals surface area contributed by atoms with Crippen molar-refractivity contribution < 1.29 is 18.4 Å². The van der Waals surface area contributed by atoms with E-state index in [9.17, 15) is 18.4 Å². The average Bonchev–Trinajstić information content (AvgIpc) is 2.14. The number of benzene rings is 1. The van der Waals surface area contributed by atoms with Crippen LogP contribution in [0.2, 0.25) is 0 Å². The fraction of sp³-hybridized carbons (Fsp3) is 0.200. The maximum absolute atomic E-state index is 13.4. The topological polar surface area (TPSA) is 46.2 Å². The summed E-state index contributed by atoms with van der Waals surface area (Å²) in [5.74, 6) is -2.45. The maximum Gasteiger partial charge on any atom is 0.221 e. The Labute approximate surface area is 85.1 Å². The van der Waals surface area contributed by atoms with Gasteiger partial charge in [0.05, 0.1) is 11.3 Å². The number of hydrogen-bond donors (Lipinski definition) is 1. The van der Waals surface area contributed by atoms with E-state index in [1.165, 1.54) is 13.8 Å². The molecule has 0 atom stereocenters. The molecule has 3 nitrogen and oxygen atoms in total. The molecule has 1 aromatic rings. The molecule has 1 rings (SSSR count). The van der Waals surface area contributed by atoms with Crippen LogP contribution in [-0.4, -0.2) is 12.2 Å². The van der Waals surface area contributed by atoms with Crippen LogP contribution in [0.15, 0.2) is 6.07 Å². The molecular formula is C10H9F2NO2. The van der Waals surface area contributed by atoms with Gasteiger partial charge in [-0.1, -0.05) is 0 Å². The predicted molar refractivity (Wildman–Crippen MR) is 50.8 cm³/mol. The van der Waals surface area contributed by atoms with Crippen LogP contribution in [0.1, 0.15) is 22.8 Å². The third-order valence-corrected chi connectivity index (χ3v) is 1.85. The summed E-state index contributed by atoms with van der Waals surface area (Å²) >= 11 is 0. The zero-order chi connectivity index (χ0) is 11.6. The molecule has 80 valence electrons. The third-order valence-electron chi connectivity index (χ3n) is 1.85. The number of rotatable bonds is 2. The van der Waals surface area contributed by atoms with Gasteiger partial charge in [0.2, 0.25) is 5.91 Å². The number of halogens is 2. The second-order valence-electron chi connectivity index (χ2n) is 3.08. The van der Waals surface area contributed by atoms with Crippen LogP contribution < -0.4 is 5.32 Å². The first-order valence-electron chi connectivity index (χ1n) is 4.18. The Balaban J connectivity index is 3.36. The van der Waals surface area contributed by atoms with Crippen LogP contribution in [0.3, 0.4) is 0 Å². The molecule has 0 radical (unpaired) electrons. The summed E-state index contributed by atoms with van der Waals surface area (Å²) < 4.78 is 26.6. The largest absolute Gasteiger partial charge is 0.324 e. The zero-order valence-corrected chi connectivity index (χ0v) is 8.23. The Hall–Kier alpha value is -1.78. The van der Waals surface area contributed by atoms with Crippen LogP contribution in [0.4, 0.5) is 14.5 Å². The summed E-state index contributed by atoms with van der Waals surface area (Å²) in [7, 11) is 0. The highest BCUT2D eigenvalue weighted by Gasteiger charge is 2.16. The monoisotopic (exact) mass is 213 g/mol. The summed E-state index contributed by atoms with van der Waals surface area (Å²) in [4.78, 5) is 21.1. The first-order valence-corrected chi connectivity index (χ1v) is 4.18. The van der Waals surface area contributed by atoms with Crippen molar-refractivity contribution in [2.75, 3.05) is 5.32 Å². The van der Waals surface area contributed by atoms with Crippen LogP contribution in [0.25, 0.3) is 0 Å². The molecule has 1 amide bonds. The van der Waals surface area contributed by atoms with Crippen molar-refractivity contribution in [1.29, 1.82) is 0 Å². The van der Waals surface area contributed by atoms with Gasteiger partial charge >= 0.3 is 0 Å². The second kappa shape index (κ2) is 4.16. The molecule has 0 saturated heterocycles. The Morgan fingerprint density at radius 3 is 2.47 bits per heavy atom. The number of aldehydes is 1. The van der Waals surface area contributed by atoms with Gasteiger partial charge < -0.3 is 5.32 Å². The lowest BCUT2D eigenvalue weighted by atomic mass is 10.1. The minimum atomic E-state index is -1.05. The number of carbonyl (C=O) groups excluding carboxylic acids is 2. The van der Waals surface area contributed by atoms with Crippen LogP contribution in [0, 0.1) is 18.6 Å². The SMILES string of the molecule is CC(=O)Nc1cc(C)c(F)c(C=O)c1F. The molecule has 1 aromatic carbocycles. The molecule has 0 fully saturated rings. The van der Waals surface area contributed by atoms with E-state index in [4.69, 9.17) is 0 Å². The van der Waals surface area contributed by atoms with Gasteiger partial charge in [-0.15, -0.1) is 0 Å². The number of nitrogens with one attached hydrogen (secondary N) is 1. The minimum absolute atomic E-state index is 0.0863. The standard InChI is InChI=1S/C10H9F2NO2/c1-5-3-8(13-6(2)15)10(12)7(4-14)9(5)11/h3-4H,1-2H3,(H,13,15). The molecule has 0 spiro atoms. The van der Waals surface area contributed by atoms with Gasteiger partial charge in [-0.05, 0) is 18.6 Å². The molecule has 0 unspecified atom stereocenters. The normalized spacial score (nSPS) is 9.87. The molecule has 0 bridgehead atoms. The van der Waals surface area contributed by atoms with Crippen molar-refractivity contribution in [3.63, 3.8) is 0 Å². The zero-order valence-electron chi connectivity index (χ0n) is 8.23. The van der Waals surface area contributed by atoms with E-state index in [0.717, 1.165) is 6.07 Å². The van der Waals surface area contributed by atoms with E-state index >= 15 is 0 Å². The molecule has 1 N–H and O–H groups in total. The van der Waals surface area contributed by atoms with Crippen LogP contribution in [-0.2, 0) is 4.79 Å². The van der Waals surface area contributed by atoms with E-state index in [1.54, 1.807) is 0 Å². The average molecular weight is 213 g/mol. The van der Waals surface area contributed by atoms with Gasteiger partial charge in [-0.3, -0.25) is 9.59 Å². The van der Waals surface area contributed by atoms with Crippen molar-refractivity contribution >= 4 is 17.9 Å². The molecule has 0 heterocycles. The molecule has 15 heavy (non-hydrogen) atoms. The van der Waals surface area contributed by atoms with Crippen LogP contribution >= 0.6 is 0 Å². The Morgan fingerprint density at radius 2 is 2.00 bits per heavy atom.